The first-order valence-corrected chi connectivity index (χ1v) is 8.08. The Morgan fingerprint density at radius 2 is 1.72 bits per heavy atom. The number of piperazine rings is 1. The van der Waals surface area contributed by atoms with Crippen molar-refractivity contribution >= 4 is 53.7 Å². The molecule has 1 saturated heterocycles. The highest BCUT2D eigenvalue weighted by atomic mass is 35.5. The van der Waals surface area contributed by atoms with Crippen molar-refractivity contribution in [3.8, 4) is 0 Å². The van der Waals surface area contributed by atoms with Gasteiger partial charge in [0.2, 0.25) is 0 Å². The van der Waals surface area contributed by atoms with Gasteiger partial charge in [-0.3, -0.25) is 4.79 Å². The summed E-state index contributed by atoms with van der Waals surface area (Å²) in [6.07, 6.45) is 0. The molecule has 1 aliphatic heterocycles. The Labute approximate surface area is 165 Å². The molecule has 1 heterocycles. The standard InChI is InChI=1S/C18H20ClN3O.2ClH/c1-13-5-6-15(19)12-17(13)21-7-9-22(10-8-21)18(23)14-3-2-4-16(20)11-14;;/h2-6,11-12H,7-10,20H2,1H3;2*1H. The third-order valence-corrected chi connectivity index (χ3v) is 4.45. The van der Waals surface area contributed by atoms with Crippen LogP contribution >= 0.6 is 36.4 Å². The second kappa shape index (κ2) is 9.18. The van der Waals surface area contributed by atoms with Crippen LogP contribution in [0.25, 0.3) is 0 Å². The first-order chi connectivity index (χ1) is 11.0. The molecule has 1 aliphatic rings. The quantitative estimate of drug-likeness (QED) is 0.771. The van der Waals surface area contributed by atoms with E-state index in [0.717, 1.165) is 23.8 Å². The normalized spacial score (nSPS) is 13.7. The maximum atomic E-state index is 12.5. The fourth-order valence-corrected chi connectivity index (χ4v) is 3.09. The fraction of sp³-hybridized carbons (Fsp3) is 0.278. The molecule has 2 aromatic carbocycles. The van der Waals surface area contributed by atoms with Crippen LogP contribution in [-0.4, -0.2) is 37.0 Å². The summed E-state index contributed by atoms with van der Waals surface area (Å²) in [7, 11) is 0. The molecular formula is C18H22Cl3N3O. The maximum Gasteiger partial charge on any atom is 0.254 e. The number of hydrogen-bond donors (Lipinski definition) is 1. The van der Waals surface area contributed by atoms with Crippen LogP contribution in [0.3, 0.4) is 0 Å². The van der Waals surface area contributed by atoms with E-state index in [0.29, 0.717) is 24.3 Å². The molecule has 2 aromatic rings. The Bertz CT molecular complexity index is 731. The number of amides is 1. The van der Waals surface area contributed by atoms with Gasteiger partial charge < -0.3 is 15.5 Å². The number of nitrogens with two attached hydrogens (primary N) is 1. The van der Waals surface area contributed by atoms with Gasteiger partial charge in [-0.15, -0.1) is 24.8 Å². The van der Waals surface area contributed by atoms with Crippen LogP contribution in [0.4, 0.5) is 11.4 Å². The molecule has 0 radical (unpaired) electrons. The lowest BCUT2D eigenvalue weighted by molar-refractivity contribution is 0.0747. The number of nitrogens with zero attached hydrogens (tertiary/aromatic N) is 2. The molecule has 1 amide bonds. The molecule has 0 saturated carbocycles. The second-order valence-electron chi connectivity index (χ2n) is 5.84. The van der Waals surface area contributed by atoms with Gasteiger partial charge in [0.25, 0.3) is 5.91 Å². The molecule has 0 unspecified atom stereocenters. The number of aryl methyl sites for hydroxylation is 1. The van der Waals surface area contributed by atoms with E-state index < -0.39 is 0 Å². The molecule has 2 N–H and O–H groups in total. The summed E-state index contributed by atoms with van der Waals surface area (Å²) in [5, 5.41) is 0.740. The Morgan fingerprint density at radius 3 is 2.36 bits per heavy atom. The zero-order valence-electron chi connectivity index (χ0n) is 13.9. The number of nitrogen functional groups attached to an aromatic ring is 1. The lowest BCUT2D eigenvalue weighted by Gasteiger charge is -2.37. The minimum absolute atomic E-state index is 0. The Morgan fingerprint density at radius 1 is 1.04 bits per heavy atom. The predicted octanol–water partition coefficient (Wildman–Crippen LogP) is 4.04. The molecule has 0 atom stereocenters. The number of anilines is 2. The van der Waals surface area contributed by atoms with E-state index in [1.54, 1.807) is 12.1 Å². The number of rotatable bonds is 2. The predicted molar refractivity (Wildman–Crippen MR) is 110 cm³/mol. The largest absolute Gasteiger partial charge is 0.399 e. The highest BCUT2D eigenvalue weighted by Gasteiger charge is 2.23. The summed E-state index contributed by atoms with van der Waals surface area (Å²) >= 11 is 6.11. The molecule has 0 aliphatic carbocycles. The topological polar surface area (TPSA) is 49.6 Å². The summed E-state index contributed by atoms with van der Waals surface area (Å²) in [6, 6.07) is 13.1. The molecule has 7 heteroatoms. The summed E-state index contributed by atoms with van der Waals surface area (Å²) in [5.74, 6) is 0.0415. The molecule has 1 fully saturated rings. The van der Waals surface area contributed by atoms with Crippen molar-refractivity contribution in [1.82, 2.24) is 4.90 Å². The summed E-state index contributed by atoms with van der Waals surface area (Å²) in [4.78, 5) is 16.7. The average molecular weight is 403 g/mol. The molecule has 136 valence electrons. The van der Waals surface area contributed by atoms with E-state index in [-0.39, 0.29) is 30.7 Å². The zero-order valence-corrected chi connectivity index (χ0v) is 16.3. The van der Waals surface area contributed by atoms with Crippen LogP contribution in [0.2, 0.25) is 5.02 Å². The van der Waals surface area contributed by atoms with Gasteiger partial charge in [-0.1, -0.05) is 23.7 Å². The molecule has 3 rings (SSSR count). The summed E-state index contributed by atoms with van der Waals surface area (Å²) in [6.45, 7) is 5.07. The Kier molecular flexibility index (Phi) is 7.87. The van der Waals surface area contributed by atoms with Gasteiger partial charge in [0, 0.05) is 48.1 Å². The number of benzene rings is 2. The number of hydrogen-bond acceptors (Lipinski definition) is 3. The molecule has 4 nitrogen and oxygen atoms in total. The number of carbonyl (C=O) groups excluding carboxylic acids is 1. The van der Waals surface area contributed by atoms with Gasteiger partial charge in [-0.25, -0.2) is 0 Å². The van der Waals surface area contributed by atoms with E-state index in [1.165, 1.54) is 5.56 Å². The van der Waals surface area contributed by atoms with Gasteiger partial charge in [-0.2, -0.15) is 0 Å². The van der Waals surface area contributed by atoms with E-state index in [2.05, 4.69) is 11.8 Å². The van der Waals surface area contributed by atoms with Gasteiger partial charge in [0.15, 0.2) is 0 Å². The lowest BCUT2D eigenvalue weighted by atomic mass is 10.1. The third-order valence-electron chi connectivity index (χ3n) is 4.21. The zero-order chi connectivity index (χ0) is 16.4. The molecule has 0 spiro atoms. The first kappa shape index (κ1) is 21.4. The van der Waals surface area contributed by atoms with Gasteiger partial charge in [0.05, 0.1) is 0 Å². The van der Waals surface area contributed by atoms with Crippen LogP contribution in [0.5, 0.6) is 0 Å². The van der Waals surface area contributed by atoms with Crippen LogP contribution < -0.4 is 10.6 Å². The monoisotopic (exact) mass is 401 g/mol. The van der Waals surface area contributed by atoms with Crippen molar-refractivity contribution < 1.29 is 4.79 Å². The Hall–Kier alpha value is -1.62. The average Bonchev–Trinajstić information content (AvgIpc) is 2.56. The summed E-state index contributed by atoms with van der Waals surface area (Å²) < 4.78 is 0. The summed E-state index contributed by atoms with van der Waals surface area (Å²) in [5.41, 5.74) is 9.37. The van der Waals surface area contributed by atoms with E-state index in [1.807, 2.05) is 35.2 Å². The third kappa shape index (κ3) is 4.94. The molecule has 0 bridgehead atoms. The van der Waals surface area contributed by atoms with E-state index in [4.69, 9.17) is 17.3 Å². The lowest BCUT2D eigenvalue weighted by Crippen LogP contribution is -2.49. The van der Waals surface area contributed by atoms with E-state index >= 15 is 0 Å². The number of halogens is 3. The van der Waals surface area contributed by atoms with Gasteiger partial charge in [0.1, 0.15) is 0 Å². The van der Waals surface area contributed by atoms with Gasteiger partial charge in [-0.05, 0) is 42.8 Å². The van der Waals surface area contributed by atoms with Crippen molar-refractivity contribution in [1.29, 1.82) is 0 Å². The van der Waals surface area contributed by atoms with Crippen LogP contribution in [-0.2, 0) is 0 Å². The number of carbonyl (C=O) groups is 1. The van der Waals surface area contributed by atoms with Crippen molar-refractivity contribution in [3.05, 3.63) is 58.6 Å². The second-order valence-corrected chi connectivity index (χ2v) is 6.27. The molecular weight excluding hydrogens is 381 g/mol. The van der Waals surface area contributed by atoms with Crippen molar-refractivity contribution in [2.24, 2.45) is 0 Å². The first-order valence-electron chi connectivity index (χ1n) is 7.70. The van der Waals surface area contributed by atoms with Gasteiger partial charge >= 0.3 is 0 Å². The van der Waals surface area contributed by atoms with E-state index in [9.17, 15) is 4.79 Å². The highest BCUT2D eigenvalue weighted by Crippen LogP contribution is 2.25. The van der Waals surface area contributed by atoms with Crippen LogP contribution in [0.15, 0.2) is 42.5 Å². The minimum Gasteiger partial charge on any atom is -0.399 e. The van der Waals surface area contributed by atoms with Crippen molar-refractivity contribution in [2.75, 3.05) is 36.8 Å². The van der Waals surface area contributed by atoms with Crippen molar-refractivity contribution in [3.63, 3.8) is 0 Å². The fourth-order valence-electron chi connectivity index (χ4n) is 2.93. The van der Waals surface area contributed by atoms with Crippen LogP contribution in [0, 0.1) is 6.92 Å². The molecule has 0 aromatic heterocycles. The smallest absolute Gasteiger partial charge is 0.254 e. The SMILES string of the molecule is Cc1ccc(Cl)cc1N1CCN(C(=O)c2cccc(N)c2)CC1.Cl.Cl. The molecule has 25 heavy (non-hydrogen) atoms. The minimum atomic E-state index is 0. The van der Waals surface area contributed by atoms with Crippen LogP contribution in [0.1, 0.15) is 15.9 Å². The highest BCUT2D eigenvalue weighted by molar-refractivity contribution is 6.30. The van der Waals surface area contributed by atoms with Crippen molar-refractivity contribution in [2.45, 2.75) is 6.92 Å². The Balaban J connectivity index is 0.00000156. The maximum absolute atomic E-state index is 12.5.